The van der Waals surface area contributed by atoms with Crippen molar-refractivity contribution in [2.24, 2.45) is 0 Å². The van der Waals surface area contributed by atoms with Crippen LogP contribution in [0.4, 0.5) is 0 Å². The van der Waals surface area contributed by atoms with Crippen LogP contribution in [-0.4, -0.2) is 9.04 Å². The average molecular weight is 117 g/mol. The van der Waals surface area contributed by atoms with Gasteiger partial charge in [-0.05, 0) is 12.6 Å². The Bertz CT molecular complexity index is 37.1. The summed E-state index contributed by atoms with van der Waals surface area (Å²) in [4.78, 5) is 10.4. The normalized spacial score (nSPS) is 14.1. The standard InChI is InChI=1S/C5H13OSi/c1-3-4-5-7(2)6/h7H,3-5H2,1-2H3. The molecule has 43 valence electrons. The smallest absolute Gasteiger partial charge is 0.219 e. The van der Waals surface area contributed by atoms with E-state index in [1.165, 1.54) is 6.42 Å². The fourth-order valence-corrected chi connectivity index (χ4v) is 1.47. The van der Waals surface area contributed by atoms with Crippen LogP contribution in [0.15, 0.2) is 0 Å². The lowest BCUT2D eigenvalue weighted by Crippen LogP contribution is -2.00. The molecular weight excluding hydrogens is 104 g/mol. The van der Waals surface area contributed by atoms with Gasteiger partial charge in [0, 0.05) is 0 Å². The van der Waals surface area contributed by atoms with Crippen molar-refractivity contribution in [1.82, 2.24) is 0 Å². The van der Waals surface area contributed by atoms with E-state index in [9.17, 15) is 4.80 Å². The first kappa shape index (κ1) is 7.18. The highest BCUT2D eigenvalue weighted by molar-refractivity contribution is 6.48. The highest BCUT2D eigenvalue weighted by atomic mass is 28.3. The molecule has 1 radical (unpaired) electrons. The Labute approximate surface area is 47.1 Å². The summed E-state index contributed by atoms with van der Waals surface area (Å²) in [6.07, 6.45) is 2.33. The molecule has 1 nitrogen and oxygen atoms in total. The topological polar surface area (TPSA) is 19.9 Å². The highest BCUT2D eigenvalue weighted by Crippen LogP contribution is 1.97. The molecule has 0 aliphatic heterocycles. The molecule has 0 aliphatic rings. The third kappa shape index (κ3) is 6.18. The number of hydrogen-bond donors (Lipinski definition) is 0. The molecule has 7 heavy (non-hydrogen) atoms. The van der Waals surface area contributed by atoms with Crippen molar-refractivity contribution in [1.29, 1.82) is 0 Å². The van der Waals surface area contributed by atoms with E-state index in [0.29, 0.717) is 0 Å². The van der Waals surface area contributed by atoms with Crippen molar-refractivity contribution in [3.05, 3.63) is 0 Å². The second-order valence-electron chi connectivity index (χ2n) is 1.95. The third-order valence-electron chi connectivity index (χ3n) is 0.964. The lowest BCUT2D eigenvalue weighted by Gasteiger charge is -1.93. The Morgan fingerprint density at radius 1 is 1.57 bits per heavy atom. The van der Waals surface area contributed by atoms with Gasteiger partial charge in [0.15, 0.2) is 0 Å². The van der Waals surface area contributed by atoms with E-state index in [0.717, 1.165) is 12.5 Å². The summed E-state index contributed by atoms with van der Waals surface area (Å²) in [6.45, 7) is 3.98. The predicted octanol–water partition coefficient (Wildman–Crippen LogP) is 1.57. The van der Waals surface area contributed by atoms with E-state index < -0.39 is 9.04 Å². The van der Waals surface area contributed by atoms with Crippen LogP contribution in [0.25, 0.3) is 0 Å². The first-order valence-corrected chi connectivity index (χ1v) is 5.37. The second kappa shape index (κ2) is 4.34. The van der Waals surface area contributed by atoms with Crippen molar-refractivity contribution < 1.29 is 4.80 Å². The molecule has 2 heteroatoms. The van der Waals surface area contributed by atoms with Gasteiger partial charge in [-0.15, -0.1) is 0 Å². The van der Waals surface area contributed by atoms with Crippen molar-refractivity contribution in [2.45, 2.75) is 32.4 Å². The van der Waals surface area contributed by atoms with Crippen LogP contribution < -0.4 is 0 Å². The van der Waals surface area contributed by atoms with E-state index in [1.54, 1.807) is 0 Å². The molecule has 0 bridgehead atoms. The van der Waals surface area contributed by atoms with Gasteiger partial charge in [0.1, 0.15) is 0 Å². The second-order valence-corrected chi connectivity index (χ2v) is 4.15. The molecule has 0 aromatic heterocycles. The molecule has 0 aromatic rings. The van der Waals surface area contributed by atoms with Crippen LogP contribution in [-0.2, 0) is 4.80 Å². The van der Waals surface area contributed by atoms with Crippen LogP contribution in [0.3, 0.4) is 0 Å². The van der Waals surface area contributed by atoms with Crippen molar-refractivity contribution in [2.75, 3.05) is 0 Å². The molecular formula is C5H13OSi. The van der Waals surface area contributed by atoms with Gasteiger partial charge >= 0.3 is 0 Å². The minimum atomic E-state index is -1.44. The van der Waals surface area contributed by atoms with Crippen molar-refractivity contribution >= 4 is 9.04 Å². The van der Waals surface area contributed by atoms with Crippen LogP contribution >= 0.6 is 0 Å². The molecule has 0 saturated carbocycles. The van der Waals surface area contributed by atoms with Gasteiger partial charge in [0.25, 0.3) is 0 Å². The molecule has 1 atom stereocenters. The van der Waals surface area contributed by atoms with E-state index in [4.69, 9.17) is 0 Å². The Kier molecular flexibility index (Phi) is 4.45. The summed E-state index contributed by atoms with van der Waals surface area (Å²) < 4.78 is 0. The van der Waals surface area contributed by atoms with Gasteiger partial charge in [-0.1, -0.05) is 19.8 Å². The van der Waals surface area contributed by atoms with Gasteiger partial charge in [0.2, 0.25) is 9.04 Å². The van der Waals surface area contributed by atoms with E-state index in [-0.39, 0.29) is 0 Å². The van der Waals surface area contributed by atoms with Gasteiger partial charge in [-0.2, -0.15) is 0 Å². The molecule has 0 N–H and O–H groups in total. The zero-order valence-electron chi connectivity index (χ0n) is 5.11. The third-order valence-corrected chi connectivity index (χ3v) is 2.19. The fraction of sp³-hybridized carbons (Fsp3) is 1.00. The van der Waals surface area contributed by atoms with Gasteiger partial charge in [-0.25, -0.2) is 0 Å². The Morgan fingerprint density at radius 2 is 2.14 bits per heavy atom. The number of hydrogen-bond acceptors (Lipinski definition) is 0. The van der Waals surface area contributed by atoms with Gasteiger partial charge < -0.3 is 4.80 Å². The largest absolute Gasteiger partial charge is 0.302 e. The maximum atomic E-state index is 10.4. The van der Waals surface area contributed by atoms with Crippen LogP contribution in [0.2, 0.25) is 12.6 Å². The minimum absolute atomic E-state index is 0.983. The summed E-state index contributed by atoms with van der Waals surface area (Å²) in [5, 5.41) is 0. The molecule has 0 aromatic carbocycles. The first-order chi connectivity index (χ1) is 3.27. The molecule has 1 unspecified atom stereocenters. The summed E-state index contributed by atoms with van der Waals surface area (Å²) in [7, 11) is -1.44. The van der Waals surface area contributed by atoms with Gasteiger partial charge in [-0.3, -0.25) is 0 Å². The summed E-state index contributed by atoms with van der Waals surface area (Å²) in [6, 6.07) is 0.983. The molecule has 0 spiro atoms. The number of rotatable bonds is 3. The molecule has 0 aliphatic carbocycles. The molecule has 0 saturated heterocycles. The zero-order chi connectivity index (χ0) is 5.70. The number of unbranched alkanes of at least 4 members (excludes halogenated alkanes) is 1. The summed E-state index contributed by atoms with van der Waals surface area (Å²) in [5.74, 6) is 0. The Balaban J connectivity index is 2.68. The Hall–Kier alpha value is 0.177. The molecule has 0 fully saturated rings. The first-order valence-electron chi connectivity index (χ1n) is 2.93. The summed E-state index contributed by atoms with van der Waals surface area (Å²) in [5.41, 5.74) is 0. The van der Waals surface area contributed by atoms with Crippen molar-refractivity contribution in [3.8, 4) is 0 Å². The zero-order valence-corrected chi connectivity index (χ0v) is 6.26. The molecule has 0 heterocycles. The fourth-order valence-electron chi connectivity index (χ4n) is 0.492. The molecule has 0 amide bonds. The monoisotopic (exact) mass is 117 g/mol. The lowest BCUT2D eigenvalue weighted by atomic mass is 10.4. The van der Waals surface area contributed by atoms with Crippen molar-refractivity contribution in [3.63, 3.8) is 0 Å². The van der Waals surface area contributed by atoms with Crippen LogP contribution in [0, 0.1) is 0 Å². The van der Waals surface area contributed by atoms with E-state index in [2.05, 4.69) is 6.92 Å². The Morgan fingerprint density at radius 3 is 2.29 bits per heavy atom. The summed E-state index contributed by atoms with van der Waals surface area (Å²) >= 11 is 0. The highest BCUT2D eigenvalue weighted by Gasteiger charge is 1.96. The average Bonchev–Trinajstić information content (AvgIpc) is 1.61. The maximum Gasteiger partial charge on any atom is 0.219 e. The molecule has 0 rings (SSSR count). The SMILES string of the molecule is CCCC[SiH](C)[O]. The van der Waals surface area contributed by atoms with Gasteiger partial charge in [0.05, 0.1) is 0 Å². The van der Waals surface area contributed by atoms with E-state index >= 15 is 0 Å². The maximum absolute atomic E-state index is 10.4. The van der Waals surface area contributed by atoms with Crippen LogP contribution in [0.5, 0.6) is 0 Å². The minimum Gasteiger partial charge on any atom is -0.302 e. The quantitative estimate of drug-likeness (QED) is 0.500. The lowest BCUT2D eigenvalue weighted by molar-refractivity contribution is 0.449. The van der Waals surface area contributed by atoms with E-state index in [1.807, 2.05) is 6.55 Å². The predicted molar refractivity (Wildman–Crippen MR) is 33.4 cm³/mol. The van der Waals surface area contributed by atoms with Crippen LogP contribution in [0.1, 0.15) is 19.8 Å².